The largest absolute Gasteiger partial charge is 0.321 e. The monoisotopic (exact) mass is 277 g/mol. The Kier molecular flexibility index (Phi) is 3.86. The van der Waals surface area contributed by atoms with Crippen LogP contribution in [0, 0.1) is 19.7 Å². The molecule has 2 nitrogen and oxygen atoms in total. The molecule has 0 aliphatic heterocycles. The highest BCUT2D eigenvalue weighted by Crippen LogP contribution is 2.23. The SMILES string of the molecule is Cc1cc(C)cc(C(=O)Nc2ccc(F)cc2Cl)c1. The van der Waals surface area contributed by atoms with Crippen LogP contribution in [0.1, 0.15) is 21.5 Å². The summed E-state index contributed by atoms with van der Waals surface area (Å²) in [7, 11) is 0. The van der Waals surface area contributed by atoms with Gasteiger partial charge in [0.05, 0.1) is 10.7 Å². The topological polar surface area (TPSA) is 29.1 Å². The van der Waals surface area contributed by atoms with Crippen molar-refractivity contribution in [2.24, 2.45) is 0 Å². The Morgan fingerprint density at radius 2 is 1.74 bits per heavy atom. The van der Waals surface area contributed by atoms with E-state index in [9.17, 15) is 9.18 Å². The summed E-state index contributed by atoms with van der Waals surface area (Å²) in [5.41, 5.74) is 2.97. The van der Waals surface area contributed by atoms with Crippen molar-refractivity contribution < 1.29 is 9.18 Å². The molecule has 0 bridgehead atoms. The predicted molar refractivity (Wildman–Crippen MR) is 75.3 cm³/mol. The first-order valence-electron chi connectivity index (χ1n) is 5.80. The molecule has 4 heteroatoms. The minimum atomic E-state index is -0.436. The van der Waals surface area contributed by atoms with Gasteiger partial charge in [0, 0.05) is 5.56 Å². The summed E-state index contributed by atoms with van der Waals surface area (Å²) in [6, 6.07) is 9.43. The van der Waals surface area contributed by atoms with E-state index < -0.39 is 5.82 Å². The van der Waals surface area contributed by atoms with Crippen LogP contribution < -0.4 is 5.32 Å². The number of carbonyl (C=O) groups is 1. The number of benzene rings is 2. The third kappa shape index (κ3) is 3.32. The first kappa shape index (κ1) is 13.6. The molecule has 0 saturated heterocycles. The maximum atomic E-state index is 12.9. The van der Waals surface area contributed by atoms with Crippen LogP contribution in [0.5, 0.6) is 0 Å². The van der Waals surface area contributed by atoms with Gasteiger partial charge in [0.25, 0.3) is 5.91 Å². The van der Waals surface area contributed by atoms with E-state index >= 15 is 0 Å². The molecule has 1 amide bonds. The lowest BCUT2D eigenvalue weighted by Crippen LogP contribution is -2.12. The number of aryl methyl sites for hydroxylation is 2. The molecule has 0 heterocycles. The fraction of sp³-hybridized carbons (Fsp3) is 0.133. The van der Waals surface area contributed by atoms with Gasteiger partial charge in [0.15, 0.2) is 0 Å². The number of hydrogen-bond acceptors (Lipinski definition) is 1. The highest BCUT2D eigenvalue weighted by Gasteiger charge is 2.09. The summed E-state index contributed by atoms with van der Waals surface area (Å²) in [5.74, 6) is -0.699. The van der Waals surface area contributed by atoms with Crippen molar-refractivity contribution in [2.75, 3.05) is 5.32 Å². The molecule has 0 spiro atoms. The zero-order valence-corrected chi connectivity index (χ0v) is 11.4. The van der Waals surface area contributed by atoms with Crippen LogP contribution in [0.2, 0.25) is 5.02 Å². The van der Waals surface area contributed by atoms with Crippen molar-refractivity contribution >= 4 is 23.2 Å². The van der Waals surface area contributed by atoms with Gasteiger partial charge in [-0.15, -0.1) is 0 Å². The average Bonchev–Trinajstić information content (AvgIpc) is 2.31. The number of nitrogens with one attached hydrogen (secondary N) is 1. The molecule has 2 aromatic rings. The predicted octanol–water partition coefficient (Wildman–Crippen LogP) is 4.35. The Hall–Kier alpha value is -1.87. The maximum absolute atomic E-state index is 12.9. The molecule has 1 N–H and O–H groups in total. The maximum Gasteiger partial charge on any atom is 0.255 e. The van der Waals surface area contributed by atoms with E-state index in [0.29, 0.717) is 11.3 Å². The molecule has 2 rings (SSSR count). The van der Waals surface area contributed by atoms with Gasteiger partial charge in [0.2, 0.25) is 0 Å². The molecular formula is C15H13ClFNO. The molecule has 0 aliphatic rings. The lowest BCUT2D eigenvalue weighted by atomic mass is 10.1. The quantitative estimate of drug-likeness (QED) is 0.869. The first-order valence-corrected chi connectivity index (χ1v) is 6.18. The molecule has 0 unspecified atom stereocenters. The molecule has 0 aromatic heterocycles. The number of carbonyl (C=O) groups excluding carboxylic acids is 1. The standard InChI is InChI=1S/C15H13ClFNO/c1-9-5-10(2)7-11(6-9)15(19)18-14-4-3-12(17)8-13(14)16/h3-8H,1-2H3,(H,18,19). The van der Waals surface area contributed by atoms with Gasteiger partial charge in [-0.05, 0) is 44.2 Å². The van der Waals surface area contributed by atoms with Crippen LogP contribution in [-0.2, 0) is 0 Å². The van der Waals surface area contributed by atoms with Crippen LogP contribution in [-0.4, -0.2) is 5.91 Å². The zero-order valence-electron chi connectivity index (χ0n) is 10.6. The molecule has 0 aliphatic carbocycles. The smallest absolute Gasteiger partial charge is 0.255 e. The highest BCUT2D eigenvalue weighted by atomic mass is 35.5. The second kappa shape index (κ2) is 5.41. The van der Waals surface area contributed by atoms with E-state index in [1.54, 1.807) is 12.1 Å². The lowest BCUT2D eigenvalue weighted by molar-refractivity contribution is 0.102. The van der Waals surface area contributed by atoms with Crippen molar-refractivity contribution in [2.45, 2.75) is 13.8 Å². The third-order valence-electron chi connectivity index (χ3n) is 2.66. The minimum Gasteiger partial charge on any atom is -0.321 e. The van der Waals surface area contributed by atoms with Gasteiger partial charge < -0.3 is 5.32 Å². The number of halogens is 2. The number of amides is 1. The van der Waals surface area contributed by atoms with Crippen LogP contribution in [0.15, 0.2) is 36.4 Å². The molecule has 98 valence electrons. The van der Waals surface area contributed by atoms with Crippen molar-refractivity contribution in [1.82, 2.24) is 0 Å². The van der Waals surface area contributed by atoms with Crippen molar-refractivity contribution in [3.63, 3.8) is 0 Å². The summed E-state index contributed by atoms with van der Waals surface area (Å²) in [6.45, 7) is 3.85. The molecule has 0 radical (unpaired) electrons. The number of rotatable bonds is 2. The Balaban J connectivity index is 2.25. The van der Waals surface area contributed by atoms with Gasteiger partial charge in [-0.3, -0.25) is 4.79 Å². The molecule has 2 aromatic carbocycles. The normalized spacial score (nSPS) is 10.3. The number of anilines is 1. The average molecular weight is 278 g/mol. The fourth-order valence-corrected chi connectivity index (χ4v) is 2.11. The Morgan fingerprint density at radius 1 is 1.11 bits per heavy atom. The first-order chi connectivity index (χ1) is 8.95. The van der Waals surface area contributed by atoms with E-state index in [4.69, 9.17) is 11.6 Å². The summed E-state index contributed by atoms with van der Waals surface area (Å²) < 4.78 is 12.9. The fourth-order valence-electron chi connectivity index (χ4n) is 1.89. The van der Waals surface area contributed by atoms with E-state index in [2.05, 4.69) is 5.32 Å². The minimum absolute atomic E-state index is 0.178. The second-order valence-corrected chi connectivity index (χ2v) is 4.86. The Labute approximate surface area is 116 Å². The van der Waals surface area contributed by atoms with Crippen molar-refractivity contribution in [1.29, 1.82) is 0 Å². The number of hydrogen-bond donors (Lipinski definition) is 1. The highest BCUT2D eigenvalue weighted by molar-refractivity contribution is 6.33. The molecule has 19 heavy (non-hydrogen) atoms. The van der Waals surface area contributed by atoms with Crippen LogP contribution in [0.25, 0.3) is 0 Å². The molecular weight excluding hydrogens is 265 g/mol. The summed E-state index contributed by atoms with van der Waals surface area (Å²) in [4.78, 5) is 12.1. The van der Waals surface area contributed by atoms with Gasteiger partial charge in [-0.1, -0.05) is 28.8 Å². The van der Waals surface area contributed by atoms with Gasteiger partial charge in [-0.2, -0.15) is 0 Å². The molecule has 0 saturated carbocycles. The summed E-state index contributed by atoms with van der Waals surface area (Å²) in [6.07, 6.45) is 0. The van der Waals surface area contributed by atoms with Crippen LogP contribution in [0.3, 0.4) is 0 Å². The van der Waals surface area contributed by atoms with Crippen LogP contribution >= 0.6 is 11.6 Å². The zero-order chi connectivity index (χ0) is 14.0. The van der Waals surface area contributed by atoms with Crippen molar-refractivity contribution in [3.05, 3.63) is 63.9 Å². The second-order valence-electron chi connectivity index (χ2n) is 4.45. The van der Waals surface area contributed by atoms with Crippen molar-refractivity contribution in [3.8, 4) is 0 Å². The molecule has 0 fully saturated rings. The van der Waals surface area contributed by atoms with E-state index in [1.807, 2.05) is 19.9 Å². The van der Waals surface area contributed by atoms with E-state index in [0.717, 1.165) is 11.1 Å². The Bertz CT molecular complexity index is 620. The Morgan fingerprint density at radius 3 is 2.32 bits per heavy atom. The van der Waals surface area contributed by atoms with Gasteiger partial charge >= 0.3 is 0 Å². The lowest BCUT2D eigenvalue weighted by Gasteiger charge is -2.08. The summed E-state index contributed by atoms with van der Waals surface area (Å²) in [5, 5.41) is 2.85. The van der Waals surface area contributed by atoms with Gasteiger partial charge in [0.1, 0.15) is 5.82 Å². The van der Waals surface area contributed by atoms with E-state index in [-0.39, 0.29) is 10.9 Å². The summed E-state index contributed by atoms with van der Waals surface area (Å²) >= 11 is 5.87. The van der Waals surface area contributed by atoms with E-state index in [1.165, 1.54) is 18.2 Å². The molecule has 0 atom stereocenters. The van der Waals surface area contributed by atoms with Crippen LogP contribution in [0.4, 0.5) is 10.1 Å². The van der Waals surface area contributed by atoms with Gasteiger partial charge in [-0.25, -0.2) is 4.39 Å². The third-order valence-corrected chi connectivity index (χ3v) is 2.98.